The van der Waals surface area contributed by atoms with Gasteiger partial charge in [-0.2, -0.15) is 0 Å². The minimum Gasteiger partial charge on any atom is -0.292 e. The number of aromatic nitrogens is 1. The Morgan fingerprint density at radius 3 is 2.75 bits per heavy atom. The SMILES string of the molecule is CC(=O)c1nc(C2(C)CC2)cs1. The van der Waals surface area contributed by atoms with Gasteiger partial charge in [0.2, 0.25) is 0 Å². The van der Waals surface area contributed by atoms with E-state index in [2.05, 4.69) is 11.9 Å². The number of rotatable bonds is 2. The van der Waals surface area contributed by atoms with Crippen LogP contribution in [-0.2, 0) is 5.41 Å². The van der Waals surface area contributed by atoms with Gasteiger partial charge in [-0.05, 0) is 12.8 Å². The molecular weight excluding hydrogens is 170 g/mol. The van der Waals surface area contributed by atoms with Gasteiger partial charge in [0.15, 0.2) is 10.8 Å². The van der Waals surface area contributed by atoms with Gasteiger partial charge < -0.3 is 0 Å². The van der Waals surface area contributed by atoms with Crippen LogP contribution >= 0.6 is 11.3 Å². The Bertz CT molecular complexity index is 325. The van der Waals surface area contributed by atoms with Crippen molar-refractivity contribution in [3.63, 3.8) is 0 Å². The van der Waals surface area contributed by atoms with E-state index in [1.807, 2.05) is 5.38 Å². The van der Waals surface area contributed by atoms with E-state index in [1.165, 1.54) is 24.2 Å². The van der Waals surface area contributed by atoms with Gasteiger partial charge >= 0.3 is 0 Å². The first-order valence-corrected chi connectivity index (χ1v) is 4.97. The summed E-state index contributed by atoms with van der Waals surface area (Å²) in [6.45, 7) is 3.77. The molecule has 0 spiro atoms. The van der Waals surface area contributed by atoms with E-state index in [9.17, 15) is 4.79 Å². The highest BCUT2D eigenvalue weighted by Gasteiger charge is 2.41. The number of hydrogen-bond donors (Lipinski definition) is 0. The Morgan fingerprint density at radius 2 is 2.33 bits per heavy atom. The lowest BCUT2D eigenvalue weighted by molar-refractivity contribution is 0.101. The van der Waals surface area contributed by atoms with Crippen molar-refractivity contribution in [2.45, 2.75) is 32.1 Å². The lowest BCUT2D eigenvalue weighted by Gasteiger charge is -2.00. The predicted octanol–water partition coefficient (Wildman–Crippen LogP) is 2.40. The van der Waals surface area contributed by atoms with E-state index >= 15 is 0 Å². The molecular formula is C9H11NOS. The predicted molar refractivity (Wildman–Crippen MR) is 48.7 cm³/mol. The zero-order valence-corrected chi connectivity index (χ0v) is 8.07. The van der Waals surface area contributed by atoms with Crippen LogP contribution in [0.25, 0.3) is 0 Å². The van der Waals surface area contributed by atoms with Crippen molar-refractivity contribution in [3.05, 3.63) is 16.1 Å². The Labute approximate surface area is 75.6 Å². The van der Waals surface area contributed by atoms with Crippen molar-refractivity contribution in [3.8, 4) is 0 Å². The second-order valence-corrected chi connectivity index (χ2v) is 4.51. The van der Waals surface area contributed by atoms with Crippen LogP contribution in [0.2, 0.25) is 0 Å². The minimum absolute atomic E-state index is 0.0792. The smallest absolute Gasteiger partial charge is 0.188 e. The molecule has 0 unspecified atom stereocenters. The maximum Gasteiger partial charge on any atom is 0.188 e. The molecule has 0 aliphatic heterocycles. The van der Waals surface area contributed by atoms with E-state index in [1.54, 1.807) is 6.92 Å². The monoisotopic (exact) mass is 181 g/mol. The summed E-state index contributed by atoms with van der Waals surface area (Å²) >= 11 is 1.46. The molecule has 0 saturated heterocycles. The quantitative estimate of drug-likeness (QED) is 0.656. The minimum atomic E-state index is 0.0792. The van der Waals surface area contributed by atoms with Gasteiger partial charge in [0.25, 0.3) is 0 Å². The summed E-state index contributed by atoms with van der Waals surface area (Å²) in [5.74, 6) is 0.0792. The maximum absolute atomic E-state index is 11.0. The molecule has 1 heterocycles. The van der Waals surface area contributed by atoms with Crippen LogP contribution in [-0.4, -0.2) is 10.8 Å². The number of thiazole rings is 1. The molecule has 2 nitrogen and oxygen atoms in total. The van der Waals surface area contributed by atoms with E-state index < -0.39 is 0 Å². The molecule has 1 aliphatic rings. The van der Waals surface area contributed by atoms with Crippen molar-refractivity contribution in [1.29, 1.82) is 0 Å². The first-order valence-electron chi connectivity index (χ1n) is 4.09. The van der Waals surface area contributed by atoms with Gasteiger partial charge in [-0.1, -0.05) is 6.92 Å². The van der Waals surface area contributed by atoms with Crippen molar-refractivity contribution < 1.29 is 4.79 Å². The fourth-order valence-corrected chi connectivity index (χ4v) is 2.03. The van der Waals surface area contributed by atoms with Crippen LogP contribution in [0.3, 0.4) is 0 Å². The zero-order chi connectivity index (χ0) is 8.77. The Kier molecular flexibility index (Phi) is 1.58. The third kappa shape index (κ3) is 1.18. The molecule has 0 atom stereocenters. The fraction of sp³-hybridized carbons (Fsp3) is 0.556. The van der Waals surface area contributed by atoms with Crippen LogP contribution in [0.4, 0.5) is 0 Å². The summed E-state index contributed by atoms with van der Waals surface area (Å²) in [6, 6.07) is 0. The third-order valence-electron chi connectivity index (χ3n) is 2.42. The normalized spacial score (nSPS) is 19.2. The number of hydrogen-bond acceptors (Lipinski definition) is 3. The molecule has 2 rings (SSSR count). The molecule has 1 saturated carbocycles. The molecule has 1 fully saturated rings. The lowest BCUT2D eigenvalue weighted by atomic mass is 10.1. The Hall–Kier alpha value is -0.700. The number of nitrogens with zero attached hydrogens (tertiary/aromatic N) is 1. The van der Waals surface area contributed by atoms with Gasteiger partial charge in [-0.25, -0.2) is 4.98 Å². The number of carbonyl (C=O) groups excluding carboxylic acids is 1. The second kappa shape index (κ2) is 2.39. The summed E-state index contributed by atoms with van der Waals surface area (Å²) < 4.78 is 0. The van der Waals surface area contributed by atoms with Crippen LogP contribution in [0.1, 0.15) is 42.2 Å². The zero-order valence-electron chi connectivity index (χ0n) is 7.26. The second-order valence-electron chi connectivity index (χ2n) is 3.65. The summed E-state index contributed by atoms with van der Waals surface area (Å²) in [4.78, 5) is 15.3. The highest BCUT2D eigenvalue weighted by molar-refractivity contribution is 7.11. The molecule has 64 valence electrons. The number of ketones is 1. The van der Waals surface area contributed by atoms with Crippen molar-refractivity contribution >= 4 is 17.1 Å². The van der Waals surface area contributed by atoms with Crippen LogP contribution in [0, 0.1) is 0 Å². The van der Waals surface area contributed by atoms with Gasteiger partial charge in [0.05, 0.1) is 5.69 Å². The van der Waals surface area contributed by atoms with Crippen molar-refractivity contribution in [2.75, 3.05) is 0 Å². The average Bonchev–Trinajstić information content (AvgIpc) is 2.61. The van der Waals surface area contributed by atoms with E-state index in [-0.39, 0.29) is 5.78 Å². The molecule has 0 bridgehead atoms. The molecule has 1 aliphatic carbocycles. The third-order valence-corrected chi connectivity index (χ3v) is 3.37. The van der Waals surface area contributed by atoms with Gasteiger partial charge in [-0.3, -0.25) is 4.79 Å². The molecule has 1 aromatic heterocycles. The van der Waals surface area contributed by atoms with E-state index in [4.69, 9.17) is 0 Å². The summed E-state index contributed by atoms with van der Waals surface area (Å²) in [5, 5.41) is 2.67. The Balaban J connectivity index is 2.30. The largest absolute Gasteiger partial charge is 0.292 e. The fourth-order valence-electron chi connectivity index (χ4n) is 1.16. The lowest BCUT2D eigenvalue weighted by Crippen LogP contribution is -2.01. The topological polar surface area (TPSA) is 30.0 Å². The Morgan fingerprint density at radius 1 is 1.67 bits per heavy atom. The first-order chi connectivity index (χ1) is 5.62. The molecule has 0 amide bonds. The molecule has 1 aromatic rings. The standard InChI is InChI=1S/C9H11NOS/c1-6(11)8-10-7(5-12-8)9(2)3-4-9/h5H,3-4H2,1-2H3. The summed E-state index contributed by atoms with van der Waals surface area (Å²) in [5.41, 5.74) is 1.40. The highest BCUT2D eigenvalue weighted by Crippen LogP contribution is 2.47. The number of carbonyl (C=O) groups is 1. The van der Waals surface area contributed by atoms with E-state index in [0.29, 0.717) is 10.4 Å². The summed E-state index contributed by atoms with van der Waals surface area (Å²) in [7, 11) is 0. The van der Waals surface area contributed by atoms with Crippen molar-refractivity contribution in [1.82, 2.24) is 4.98 Å². The molecule has 0 N–H and O–H groups in total. The maximum atomic E-state index is 11.0. The highest BCUT2D eigenvalue weighted by atomic mass is 32.1. The van der Waals surface area contributed by atoms with Gasteiger partial charge in [-0.15, -0.1) is 11.3 Å². The molecule has 3 heteroatoms. The van der Waals surface area contributed by atoms with Gasteiger partial charge in [0, 0.05) is 17.7 Å². The van der Waals surface area contributed by atoms with Crippen molar-refractivity contribution in [2.24, 2.45) is 0 Å². The van der Waals surface area contributed by atoms with Crippen LogP contribution in [0.15, 0.2) is 5.38 Å². The van der Waals surface area contributed by atoms with Gasteiger partial charge in [0.1, 0.15) is 0 Å². The first kappa shape index (κ1) is 7.92. The molecule has 12 heavy (non-hydrogen) atoms. The van der Waals surface area contributed by atoms with E-state index in [0.717, 1.165) is 5.69 Å². The van der Waals surface area contributed by atoms with Crippen LogP contribution < -0.4 is 0 Å². The van der Waals surface area contributed by atoms with Crippen LogP contribution in [0.5, 0.6) is 0 Å². The average molecular weight is 181 g/mol. The summed E-state index contributed by atoms with van der Waals surface area (Å²) in [6.07, 6.45) is 2.43. The molecule has 0 aromatic carbocycles. The molecule has 0 radical (unpaired) electrons. The number of Topliss-reactive ketones (excluding diaryl/α,β-unsaturated/α-hetero) is 1.